The number of rotatable bonds is 3. The zero-order valence-electron chi connectivity index (χ0n) is 14.7. The van der Waals surface area contributed by atoms with Gasteiger partial charge < -0.3 is 0 Å². The standard InChI is InChI=1S/C21H16N6/c1-26-13-17(12-22-26)20-24-21-23-19(16-10-6-3-7-11-16)18(14-27(21)25-20)15-8-4-2-5-9-15/h2-14H,1H3. The normalized spacial score (nSPS) is 11.1. The first-order chi connectivity index (χ1) is 13.3. The topological polar surface area (TPSA) is 60.9 Å². The number of benzene rings is 2. The van der Waals surface area contributed by atoms with Gasteiger partial charge in [0.15, 0.2) is 5.82 Å². The van der Waals surface area contributed by atoms with Crippen molar-refractivity contribution >= 4 is 5.78 Å². The Morgan fingerprint density at radius 3 is 2.11 bits per heavy atom. The second-order valence-electron chi connectivity index (χ2n) is 6.32. The van der Waals surface area contributed by atoms with E-state index in [0.29, 0.717) is 11.6 Å². The summed E-state index contributed by atoms with van der Waals surface area (Å²) in [6.07, 6.45) is 5.64. The number of nitrogens with zero attached hydrogens (tertiary/aromatic N) is 6. The van der Waals surface area contributed by atoms with Crippen molar-refractivity contribution in [1.82, 2.24) is 29.4 Å². The fraction of sp³-hybridized carbons (Fsp3) is 0.0476. The zero-order valence-corrected chi connectivity index (χ0v) is 14.7. The molecule has 3 aromatic heterocycles. The first-order valence-corrected chi connectivity index (χ1v) is 8.65. The summed E-state index contributed by atoms with van der Waals surface area (Å²) in [6, 6.07) is 20.4. The van der Waals surface area contributed by atoms with Gasteiger partial charge in [-0.15, -0.1) is 5.10 Å². The molecular formula is C21H16N6. The molecule has 0 aliphatic carbocycles. The molecule has 0 N–H and O–H groups in total. The van der Waals surface area contributed by atoms with Crippen molar-refractivity contribution in [3.8, 4) is 33.8 Å². The fourth-order valence-corrected chi connectivity index (χ4v) is 3.13. The van der Waals surface area contributed by atoms with E-state index in [2.05, 4.69) is 39.4 Å². The number of aryl methyl sites for hydroxylation is 1. The molecule has 2 aromatic carbocycles. The molecule has 0 amide bonds. The Hall–Kier alpha value is -3.80. The van der Waals surface area contributed by atoms with E-state index >= 15 is 0 Å². The number of hydrogen-bond acceptors (Lipinski definition) is 4. The van der Waals surface area contributed by atoms with Crippen LogP contribution in [0, 0.1) is 0 Å². The predicted octanol–water partition coefficient (Wildman–Crippen LogP) is 3.86. The Labute approximate surface area is 155 Å². The molecule has 130 valence electrons. The van der Waals surface area contributed by atoms with E-state index in [1.54, 1.807) is 15.4 Å². The first-order valence-electron chi connectivity index (χ1n) is 8.65. The average Bonchev–Trinajstić information content (AvgIpc) is 3.34. The van der Waals surface area contributed by atoms with Gasteiger partial charge in [-0.05, 0) is 5.56 Å². The van der Waals surface area contributed by atoms with Gasteiger partial charge >= 0.3 is 0 Å². The van der Waals surface area contributed by atoms with Crippen molar-refractivity contribution in [3.05, 3.63) is 79.3 Å². The average molecular weight is 352 g/mol. The van der Waals surface area contributed by atoms with Crippen LogP contribution in [0.25, 0.3) is 39.5 Å². The largest absolute Gasteiger partial charge is 0.275 e. The van der Waals surface area contributed by atoms with Crippen molar-refractivity contribution < 1.29 is 0 Å². The SMILES string of the molecule is Cn1cc(-c2nc3nc(-c4ccccc4)c(-c4ccccc4)cn3n2)cn1. The maximum atomic E-state index is 4.84. The van der Waals surface area contributed by atoms with E-state index in [0.717, 1.165) is 27.9 Å². The molecule has 0 aliphatic rings. The molecule has 0 atom stereocenters. The molecule has 0 unspecified atom stereocenters. The van der Waals surface area contributed by atoms with Gasteiger partial charge in [-0.25, -0.2) is 9.50 Å². The minimum Gasteiger partial charge on any atom is -0.275 e. The van der Waals surface area contributed by atoms with Crippen LogP contribution in [0.3, 0.4) is 0 Å². The van der Waals surface area contributed by atoms with Crippen LogP contribution in [-0.4, -0.2) is 29.4 Å². The summed E-state index contributed by atoms with van der Waals surface area (Å²) in [5.74, 6) is 1.17. The van der Waals surface area contributed by atoms with Crippen LogP contribution in [0.2, 0.25) is 0 Å². The minimum atomic E-state index is 0.562. The van der Waals surface area contributed by atoms with E-state index < -0.39 is 0 Å². The maximum absolute atomic E-state index is 4.84. The third-order valence-corrected chi connectivity index (χ3v) is 4.43. The molecule has 5 aromatic rings. The Morgan fingerprint density at radius 2 is 1.44 bits per heavy atom. The third kappa shape index (κ3) is 2.77. The molecule has 5 rings (SSSR count). The van der Waals surface area contributed by atoms with Crippen LogP contribution in [0.5, 0.6) is 0 Å². The smallest absolute Gasteiger partial charge is 0.253 e. The Morgan fingerprint density at radius 1 is 0.741 bits per heavy atom. The van der Waals surface area contributed by atoms with Crippen molar-refractivity contribution in [1.29, 1.82) is 0 Å². The van der Waals surface area contributed by atoms with E-state index in [1.165, 1.54) is 0 Å². The van der Waals surface area contributed by atoms with Crippen LogP contribution >= 0.6 is 0 Å². The molecule has 0 fully saturated rings. The van der Waals surface area contributed by atoms with Gasteiger partial charge in [-0.2, -0.15) is 10.1 Å². The molecule has 6 heteroatoms. The van der Waals surface area contributed by atoms with Crippen LogP contribution < -0.4 is 0 Å². The van der Waals surface area contributed by atoms with Gasteiger partial charge in [0.25, 0.3) is 5.78 Å². The molecular weight excluding hydrogens is 336 g/mol. The molecule has 6 nitrogen and oxygen atoms in total. The van der Waals surface area contributed by atoms with Crippen LogP contribution in [0.1, 0.15) is 0 Å². The van der Waals surface area contributed by atoms with Gasteiger partial charge in [0.2, 0.25) is 0 Å². The lowest BCUT2D eigenvalue weighted by Crippen LogP contribution is -1.97. The zero-order chi connectivity index (χ0) is 18.2. The third-order valence-electron chi connectivity index (χ3n) is 4.43. The molecule has 0 bridgehead atoms. The summed E-state index contributed by atoms with van der Waals surface area (Å²) < 4.78 is 3.47. The van der Waals surface area contributed by atoms with Gasteiger partial charge in [-0.1, -0.05) is 60.7 Å². The summed E-state index contributed by atoms with van der Waals surface area (Å²) in [6.45, 7) is 0. The first kappa shape index (κ1) is 15.5. The van der Waals surface area contributed by atoms with Crippen molar-refractivity contribution in [2.45, 2.75) is 0 Å². The van der Waals surface area contributed by atoms with Crippen LogP contribution in [-0.2, 0) is 7.05 Å². The summed E-state index contributed by atoms with van der Waals surface area (Å²) in [5, 5.41) is 8.81. The Balaban J connectivity index is 1.75. The molecule has 0 radical (unpaired) electrons. The van der Waals surface area contributed by atoms with Crippen molar-refractivity contribution in [2.24, 2.45) is 7.05 Å². The lowest BCUT2D eigenvalue weighted by Gasteiger charge is -2.09. The monoisotopic (exact) mass is 352 g/mol. The second kappa shape index (κ2) is 6.17. The summed E-state index contributed by atoms with van der Waals surface area (Å²) in [4.78, 5) is 9.44. The highest BCUT2D eigenvalue weighted by Gasteiger charge is 2.15. The second-order valence-corrected chi connectivity index (χ2v) is 6.32. The highest BCUT2D eigenvalue weighted by molar-refractivity contribution is 5.81. The van der Waals surface area contributed by atoms with E-state index in [-0.39, 0.29) is 0 Å². The van der Waals surface area contributed by atoms with Crippen molar-refractivity contribution in [3.63, 3.8) is 0 Å². The Bertz CT molecular complexity index is 1150. The summed E-state index contributed by atoms with van der Waals surface area (Å²) >= 11 is 0. The molecule has 0 aliphatic heterocycles. The maximum Gasteiger partial charge on any atom is 0.253 e. The highest BCUT2D eigenvalue weighted by atomic mass is 15.3. The molecule has 0 spiro atoms. The molecule has 0 saturated carbocycles. The van der Waals surface area contributed by atoms with Gasteiger partial charge in [0.1, 0.15) is 0 Å². The molecule has 0 saturated heterocycles. The Kier molecular flexibility index (Phi) is 3.53. The van der Waals surface area contributed by atoms with Gasteiger partial charge in [-0.3, -0.25) is 4.68 Å². The van der Waals surface area contributed by atoms with E-state index in [1.807, 2.05) is 55.8 Å². The number of fused-ring (bicyclic) bond motifs is 1. The molecule has 3 heterocycles. The van der Waals surface area contributed by atoms with Crippen LogP contribution in [0.15, 0.2) is 79.3 Å². The lowest BCUT2D eigenvalue weighted by molar-refractivity contribution is 0.768. The number of hydrogen-bond donors (Lipinski definition) is 0. The van der Waals surface area contributed by atoms with Gasteiger partial charge in [0.05, 0.1) is 17.5 Å². The van der Waals surface area contributed by atoms with E-state index in [4.69, 9.17) is 4.98 Å². The van der Waals surface area contributed by atoms with Crippen LogP contribution in [0.4, 0.5) is 0 Å². The van der Waals surface area contributed by atoms with E-state index in [9.17, 15) is 0 Å². The summed E-state index contributed by atoms with van der Waals surface area (Å²) in [7, 11) is 1.87. The predicted molar refractivity (Wildman–Crippen MR) is 104 cm³/mol. The minimum absolute atomic E-state index is 0.562. The van der Waals surface area contributed by atoms with Crippen molar-refractivity contribution in [2.75, 3.05) is 0 Å². The fourth-order valence-electron chi connectivity index (χ4n) is 3.13. The quantitative estimate of drug-likeness (QED) is 0.495. The highest BCUT2D eigenvalue weighted by Crippen LogP contribution is 2.31. The lowest BCUT2D eigenvalue weighted by atomic mass is 10.0. The summed E-state index contributed by atoms with van der Waals surface area (Å²) in [5.41, 5.74) is 4.90. The molecule has 27 heavy (non-hydrogen) atoms. The number of aromatic nitrogens is 6. The van der Waals surface area contributed by atoms with Gasteiger partial charge in [0, 0.05) is 30.6 Å².